The lowest BCUT2D eigenvalue weighted by Crippen LogP contribution is -2.30. The SMILES string of the molecule is O=S(=O)(c1ccc(S(=O)(O)=NC2CCCC2)cc1)N(Cc1ccc(F)cc1)Cc1ccccc1F. The van der Waals surface area contributed by atoms with E-state index in [1.807, 2.05) is 0 Å². The van der Waals surface area contributed by atoms with E-state index in [2.05, 4.69) is 4.36 Å². The summed E-state index contributed by atoms with van der Waals surface area (Å²) < 4.78 is 83.1. The zero-order chi connectivity index (χ0) is 25.1. The molecule has 1 N–H and O–H groups in total. The van der Waals surface area contributed by atoms with E-state index in [9.17, 15) is 26.0 Å². The molecule has 0 aliphatic heterocycles. The van der Waals surface area contributed by atoms with Gasteiger partial charge in [-0.2, -0.15) is 4.31 Å². The average Bonchev–Trinajstić information content (AvgIpc) is 3.34. The van der Waals surface area contributed by atoms with Gasteiger partial charge in [0.05, 0.1) is 15.8 Å². The highest BCUT2D eigenvalue weighted by Gasteiger charge is 2.27. The van der Waals surface area contributed by atoms with Crippen LogP contribution in [0.1, 0.15) is 36.8 Å². The molecule has 6 nitrogen and oxygen atoms in total. The molecule has 0 aromatic heterocycles. The van der Waals surface area contributed by atoms with Crippen molar-refractivity contribution in [2.45, 2.75) is 54.6 Å². The van der Waals surface area contributed by atoms with Crippen molar-refractivity contribution in [2.75, 3.05) is 0 Å². The zero-order valence-corrected chi connectivity index (χ0v) is 20.5. The summed E-state index contributed by atoms with van der Waals surface area (Å²) in [7, 11) is -7.79. The minimum absolute atomic E-state index is 0.0301. The molecule has 3 aromatic carbocycles. The number of nitrogens with zero attached hydrogens (tertiary/aromatic N) is 2. The first-order valence-electron chi connectivity index (χ1n) is 11.2. The smallest absolute Gasteiger partial charge is 0.243 e. The highest BCUT2D eigenvalue weighted by molar-refractivity contribution is 7.89. The van der Waals surface area contributed by atoms with Crippen LogP contribution in [0.5, 0.6) is 0 Å². The summed E-state index contributed by atoms with van der Waals surface area (Å²) in [6, 6.07) is 16.2. The van der Waals surface area contributed by atoms with Crippen molar-refractivity contribution < 1.29 is 26.0 Å². The molecule has 1 aliphatic rings. The Labute approximate surface area is 204 Å². The number of benzene rings is 3. The highest BCUT2D eigenvalue weighted by Crippen LogP contribution is 2.26. The van der Waals surface area contributed by atoms with Gasteiger partial charge in [-0.25, -0.2) is 25.8 Å². The molecule has 1 aliphatic carbocycles. The summed E-state index contributed by atoms with van der Waals surface area (Å²) in [6.07, 6.45) is 3.45. The summed E-state index contributed by atoms with van der Waals surface area (Å²) in [5.41, 5.74) is 0.709. The van der Waals surface area contributed by atoms with Crippen molar-refractivity contribution in [3.8, 4) is 0 Å². The molecule has 186 valence electrons. The van der Waals surface area contributed by atoms with Gasteiger partial charge < -0.3 is 0 Å². The van der Waals surface area contributed by atoms with Gasteiger partial charge in [0, 0.05) is 18.7 Å². The minimum atomic E-state index is -4.14. The van der Waals surface area contributed by atoms with Crippen LogP contribution in [0.15, 0.2) is 87.0 Å². The van der Waals surface area contributed by atoms with Crippen LogP contribution in [0.3, 0.4) is 0 Å². The molecule has 0 amide bonds. The van der Waals surface area contributed by atoms with Gasteiger partial charge in [-0.1, -0.05) is 43.2 Å². The van der Waals surface area contributed by atoms with Crippen molar-refractivity contribution in [3.05, 3.63) is 95.6 Å². The van der Waals surface area contributed by atoms with Crippen molar-refractivity contribution in [3.63, 3.8) is 0 Å². The molecule has 4 rings (SSSR count). The fraction of sp³-hybridized carbons (Fsp3) is 0.280. The van der Waals surface area contributed by atoms with Crippen molar-refractivity contribution >= 4 is 20.0 Å². The normalized spacial score (nSPS) is 16.3. The lowest BCUT2D eigenvalue weighted by Gasteiger charge is -2.23. The largest absolute Gasteiger partial charge is 0.297 e. The van der Waals surface area contributed by atoms with Crippen LogP contribution >= 0.6 is 0 Å². The Kier molecular flexibility index (Phi) is 7.65. The number of hydrogen-bond acceptors (Lipinski definition) is 4. The van der Waals surface area contributed by atoms with Gasteiger partial charge in [0.25, 0.3) is 0 Å². The third kappa shape index (κ3) is 6.13. The molecule has 1 unspecified atom stereocenters. The first-order chi connectivity index (χ1) is 16.6. The molecule has 3 aromatic rings. The van der Waals surface area contributed by atoms with E-state index in [0.717, 1.165) is 30.0 Å². The first kappa shape index (κ1) is 25.4. The van der Waals surface area contributed by atoms with Gasteiger partial charge in [0.1, 0.15) is 11.6 Å². The van der Waals surface area contributed by atoms with Crippen LogP contribution in [0.4, 0.5) is 8.78 Å². The number of sulfonamides is 1. The zero-order valence-electron chi connectivity index (χ0n) is 18.9. The standard InChI is InChI=1S/C25H26F2N2O4S2/c26-21-11-9-19(10-12-21)17-29(18-20-5-1-4-8-25(20)27)35(32,33)24-15-13-23(14-16-24)34(30,31)28-22-6-2-3-7-22/h1,4-5,8-16,22H,2-3,6-7,17-18H2,(H,28,30,31). The Morgan fingerprint density at radius 2 is 1.43 bits per heavy atom. The Morgan fingerprint density at radius 3 is 2.06 bits per heavy atom. The van der Waals surface area contributed by atoms with Crippen LogP contribution in [-0.2, 0) is 33.1 Å². The van der Waals surface area contributed by atoms with Gasteiger partial charge in [0.15, 0.2) is 10.0 Å². The third-order valence-electron chi connectivity index (χ3n) is 5.96. The van der Waals surface area contributed by atoms with E-state index in [1.165, 1.54) is 66.7 Å². The Morgan fingerprint density at radius 1 is 0.829 bits per heavy atom. The molecule has 0 bridgehead atoms. The van der Waals surface area contributed by atoms with Crippen LogP contribution < -0.4 is 0 Å². The van der Waals surface area contributed by atoms with Crippen LogP contribution in [0, 0.1) is 11.6 Å². The lowest BCUT2D eigenvalue weighted by atomic mass is 10.2. The van der Waals surface area contributed by atoms with Crippen molar-refractivity contribution in [1.82, 2.24) is 4.31 Å². The maximum atomic E-state index is 14.3. The van der Waals surface area contributed by atoms with Crippen LogP contribution in [0.25, 0.3) is 0 Å². The molecule has 10 heteroatoms. The fourth-order valence-electron chi connectivity index (χ4n) is 4.05. The Balaban J connectivity index is 1.65. The molecule has 1 atom stereocenters. The van der Waals surface area contributed by atoms with Crippen molar-refractivity contribution in [1.29, 1.82) is 0 Å². The predicted octanol–water partition coefficient (Wildman–Crippen LogP) is 5.60. The van der Waals surface area contributed by atoms with E-state index < -0.39 is 31.7 Å². The van der Waals surface area contributed by atoms with E-state index in [1.54, 1.807) is 6.07 Å². The van der Waals surface area contributed by atoms with Gasteiger partial charge >= 0.3 is 0 Å². The Bertz CT molecular complexity index is 1400. The van der Waals surface area contributed by atoms with Gasteiger partial charge in [0.2, 0.25) is 10.0 Å². The predicted molar refractivity (Wildman–Crippen MR) is 129 cm³/mol. The van der Waals surface area contributed by atoms with E-state index >= 15 is 0 Å². The quantitative estimate of drug-likeness (QED) is 0.419. The number of halogens is 2. The second kappa shape index (κ2) is 10.5. The second-order valence-corrected chi connectivity index (χ2v) is 12.1. The topological polar surface area (TPSA) is 87.0 Å². The highest BCUT2D eigenvalue weighted by atomic mass is 32.2. The monoisotopic (exact) mass is 520 g/mol. The number of rotatable bonds is 8. The molecule has 0 spiro atoms. The van der Waals surface area contributed by atoms with E-state index in [4.69, 9.17) is 0 Å². The van der Waals surface area contributed by atoms with E-state index in [0.29, 0.717) is 5.56 Å². The molecule has 1 saturated carbocycles. The maximum absolute atomic E-state index is 14.3. The summed E-state index contributed by atoms with van der Waals surface area (Å²) in [5.74, 6) is -1.00. The van der Waals surface area contributed by atoms with Gasteiger partial charge in [-0.3, -0.25) is 4.55 Å². The van der Waals surface area contributed by atoms with Crippen molar-refractivity contribution in [2.24, 2.45) is 4.36 Å². The molecule has 1 fully saturated rings. The molecular formula is C25H26F2N2O4S2. The van der Waals surface area contributed by atoms with Gasteiger partial charge in [-0.15, -0.1) is 0 Å². The molecule has 0 saturated heterocycles. The van der Waals surface area contributed by atoms with Crippen LogP contribution in [-0.4, -0.2) is 27.5 Å². The lowest BCUT2D eigenvalue weighted by molar-refractivity contribution is 0.393. The summed E-state index contributed by atoms with van der Waals surface area (Å²) in [6.45, 7) is -0.367. The first-order valence-corrected chi connectivity index (χ1v) is 14.1. The minimum Gasteiger partial charge on any atom is -0.297 e. The summed E-state index contributed by atoms with van der Waals surface area (Å²) in [5, 5.41) is 0. The fourth-order valence-corrected chi connectivity index (χ4v) is 6.68. The molecule has 0 heterocycles. The second-order valence-electron chi connectivity index (χ2n) is 8.50. The van der Waals surface area contributed by atoms with Gasteiger partial charge in [-0.05, 0) is 60.9 Å². The molecule has 0 radical (unpaired) electrons. The number of hydrogen-bond donors (Lipinski definition) is 1. The molecular weight excluding hydrogens is 494 g/mol. The molecule has 35 heavy (non-hydrogen) atoms. The Hall–Kier alpha value is -2.66. The average molecular weight is 521 g/mol. The van der Waals surface area contributed by atoms with E-state index in [-0.39, 0.29) is 34.5 Å². The summed E-state index contributed by atoms with van der Waals surface area (Å²) in [4.78, 5) is -0.0849. The third-order valence-corrected chi connectivity index (χ3v) is 9.24. The maximum Gasteiger partial charge on any atom is 0.243 e. The summed E-state index contributed by atoms with van der Waals surface area (Å²) >= 11 is 0. The van der Waals surface area contributed by atoms with Crippen LogP contribution in [0.2, 0.25) is 0 Å².